The molecule has 0 spiro atoms. The van der Waals surface area contributed by atoms with Crippen LogP contribution in [0.15, 0.2) is 47.7 Å². The third kappa shape index (κ3) is 2.55. The number of hydrogen-bond donors (Lipinski definition) is 1. The fourth-order valence-electron chi connectivity index (χ4n) is 3.92. The number of Topliss-reactive ketones (excluding diaryl/α,β-unsaturated/α-hetero) is 1. The smallest absolute Gasteiger partial charge is 0.162 e. The number of carbonyl (C=O) groups excluding carboxylic acids is 1. The van der Waals surface area contributed by atoms with Gasteiger partial charge in [0.2, 0.25) is 0 Å². The van der Waals surface area contributed by atoms with Gasteiger partial charge in [-0.05, 0) is 36.1 Å². The van der Waals surface area contributed by atoms with E-state index >= 15 is 0 Å². The number of benzene rings is 2. The molecule has 4 rings (SSSR count). The Morgan fingerprint density at radius 3 is 2.50 bits per heavy atom. The molecule has 1 atom stereocenters. The van der Waals surface area contributed by atoms with Crippen molar-refractivity contribution in [3.8, 4) is 11.5 Å². The van der Waals surface area contributed by atoms with Crippen LogP contribution >= 0.6 is 0 Å². The summed E-state index contributed by atoms with van der Waals surface area (Å²) in [5.41, 5.74) is 3.70. The minimum atomic E-state index is -0.449. The van der Waals surface area contributed by atoms with Crippen LogP contribution in [0.2, 0.25) is 0 Å². The van der Waals surface area contributed by atoms with Gasteiger partial charge >= 0.3 is 0 Å². The van der Waals surface area contributed by atoms with E-state index in [1.807, 2.05) is 12.1 Å². The molecule has 0 radical (unpaired) electrons. The zero-order valence-corrected chi connectivity index (χ0v) is 14.8. The van der Waals surface area contributed by atoms with E-state index in [0.29, 0.717) is 29.1 Å². The maximum atomic E-state index is 14.7. The van der Waals surface area contributed by atoms with Crippen molar-refractivity contribution in [2.75, 3.05) is 19.5 Å². The third-order valence-corrected chi connectivity index (χ3v) is 5.11. The summed E-state index contributed by atoms with van der Waals surface area (Å²) >= 11 is 0. The molecule has 1 heterocycles. The SMILES string of the molecule is COc1cc2c(cc1OC)C(c1ccccc1F)C1=C(CCCC1=O)N2. The standard InChI is InChI=1S/C21H20FNO3/c1-25-18-10-13-16(11-19(18)26-2)23-15-8-5-9-17(24)21(15)20(13)12-6-3-4-7-14(12)22/h3-4,6-7,10-11,20,23H,5,8-9H2,1-2H3. The van der Waals surface area contributed by atoms with Crippen LogP contribution in [0.25, 0.3) is 0 Å². The van der Waals surface area contributed by atoms with Gasteiger partial charge in [0.1, 0.15) is 5.82 Å². The predicted octanol–water partition coefficient (Wildman–Crippen LogP) is 4.41. The molecular formula is C21H20FNO3. The second kappa shape index (κ2) is 6.48. The molecule has 0 bridgehead atoms. The quantitative estimate of drug-likeness (QED) is 0.888. The molecule has 2 aromatic carbocycles. The maximum absolute atomic E-state index is 14.7. The molecule has 26 heavy (non-hydrogen) atoms. The Labute approximate surface area is 151 Å². The molecule has 0 amide bonds. The number of anilines is 1. The van der Waals surface area contributed by atoms with E-state index in [2.05, 4.69) is 5.32 Å². The summed E-state index contributed by atoms with van der Waals surface area (Å²) in [6.45, 7) is 0. The summed E-state index contributed by atoms with van der Waals surface area (Å²) in [7, 11) is 3.14. The van der Waals surface area contributed by atoms with Crippen molar-refractivity contribution >= 4 is 11.5 Å². The van der Waals surface area contributed by atoms with Gasteiger partial charge in [0.25, 0.3) is 0 Å². The van der Waals surface area contributed by atoms with Crippen LogP contribution in [-0.4, -0.2) is 20.0 Å². The average molecular weight is 353 g/mol. The Kier molecular flexibility index (Phi) is 4.15. The molecule has 134 valence electrons. The van der Waals surface area contributed by atoms with Crippen molar-refractivity contribution in [3.05, 3.63) is 64.6 Å². The van der Waals surface area contributed by atoms with Crippen LogP contribution in [0.5, 0.6) is 11.5 Å². The molecule has 0 aromatic heterocycles. The van der Waals surface area contributed by atoms with Crippen molar-refractivity contribution < 1.29 is 18.7 Å². The van der Waals surface area contributed by atoms with Crippen molar-refractivity contribution in [1.29, 1.82) is 0 Å². The summed E-state index contributed by atoms with van der Waals surface area (Å²) in [5, 5.41) is 3.38. The van der Waals surface area contributed by atoms with Crippen LogP contribution in [0.3, 0.4) is 0 Å². The van der Waals surface area contributed by atoms with Crippen molar-refractivity contribution in [2.24, 2.45) is 0 Å². The lowest BCUT2D eigenvalue weighted by Gasteiger charge is -2.34. The number of fused-ring (bicyclic) bond motifs is 1. The summed E-state index contributed by atoms with van der Waals surface area (Å²) < 4.78 is 25.5. The molecule has 4 nitrogen and oxygen atoms in total. The Bertz CT molecular complexity index is 919. The number of carbonyl (C=O) groups is 1. The Morgan fingerprint density at radius 1 is 1.04 bits per heavy atom. The Morgan fingerprint density at radius 2 is 1.77 bits per heavy atom. The highest BCUT2D eigenvalue weighted by Crippen LogP contribution is 2.48. The Balaban J connectivity index is 1.98. The molecule has 1 N–H and O–H groups in total. The first kappa shape index (κ1) is 16.6. The van der Waals surface area contributed by atoms with E-state index < -0.39 is 5.92 Å². The highest BCUT2D eigenvalue weighted by atomic mass is 19.1. The average Bonchev–Trinajstić information content (AvgIpc) is 2.66. The molecule has 1 aliphatic heterocycles. The zero-order valence-electron chi connectivity index (χ0n) is 14.8. The van der Waals surface area contributed by atoms with Crippen LogP contribution in [-0.2, 0) is 4.79 Å². The fourth-order valence-corrected chi connectivity index (χ4v) is 3.92. The van der Waals surface area contributed by atoms with Crippen LogP contribution in [0, 0.1) is 5.82 Å². The summed E-state index contributed by atoms with van der Waals surface area (Å²) in [4.78, 5) is 12.7. The monoisotopic (exact) mass is 353 g/mol. The molecule has 2 aromatic rings. The van der Waals surface area contributed by atoms with Crippen molar-refractivity contribution in [2.45, 2.75) is 25.2 Å². The number of methoxy groups -OCH3 is 2. The normalized spacial score (nSPS) is 18.7. The number of ether oxygens (including phenoxy) is 2. The topological polar surface area (TPSA) is 47.6 Å². The largest absolute Gasteiger partial charge is 0.493 e. The van der Waals surface area contributed by atoms with Crippen molar-refractivity contribution in [1.82, 2.24) is 0 Å². The van der Waals surface area contributed by atoms with Gasteiger partial charge in [-0.3, -0.25) is 4.79 Å². The van der Waals surface area contributed by atoms with E-state index in [1.165, 1.54) is 6.07 Å². The van der Waals surface area contributed by atoms with Gasteiger partial charge in [0.05, 0.1) is 14.2 Å². The highest BCUT2D eigenvalue weighted by molar-refractivity contribution is 6.01. The molecule has 0 saturated carbocycles. The first-order chi connectivity index (χ1) is 12.6. The van der Waals surface area contributed by atoms with Gasteiger partial charge in [-0.25, -0.2) is 4.39 Å². The van der Waals surface area contributed by atoms with Crippen molar-refractivity contribution in [3.63, 3.8) is 0 Å². The maximum Gasteiger partial charge on any atom is 0.162 e. The lowest BCUT2D eigenvalue weighted by Crippen LogP contribution is -2.27. The van der Waals surface area contributed by atoms with Crippen LogP contribution in [0.1, 0.15) is 36.3 Å². The summed E-state index contributed by atoms with van der Waals surface area (Å²) in [6.07, 6.45) is 2.07. The lowest BCUT2D eigenvalue weighted by atomic mass is 9.75. The minimum absolute atomic E-state index is 0.0763. The molecular weight excluding hydrogens is 333 g/mol. The summed E-state index contributed by atoms with van der Waals surface area (Å²) in [6, 6.07) is 10.3. The van der Waals surface area contributed by atoms with E-state index in [-0.39, 0.29) is 11.6 Å². The molecule has 0 saturated heterocycles. The second-order valence-electron chi connectivity index (χ2n) is 6.54. The fraction of sp³-hybridized carbons (Fsp3) is 0.286. The molecule has 5 heteroatoms. The first-order valence-corrected chi connectivity index (χ1v) is 8.67. The highest BCUT2D eigenvalue weighted by Gasteiger charge is 2.37. The predicted molar refractivity (Wildman–Crippen MR) is 97.3 cm³/mol. The molecule has 1 unspecified atom stereocenters. The number of ketones is 1. The minimum Gasteiger partial charge on any atom is -0.493 e. The third-order valence-electron chi connectivity index (χ3n) is 5.11. The number of halogens is 1. The van der Waals surface area contributed by atoms with Crippen LogP contribution in [0.4, 0.5) is 10.1 Å². The number of hydrogen-bond acceptors (Lipinski definition) is 4. The van der Waals surface area contributed by atoms with E-state index in [0.717, 1.165) is 29.8 Å². The molecule has 2 aliphatic rings. The van der Waals surface area contributed by atoms with Gasteiger partial charge in [0.15, 0.2) is 17.3 Å². The van der Waals surface area contributed by atoms with E-state index in [1.54, 1.807) is 32.4 Å². The summed E-state index contributed by atoms with van der Waals surface area (Å²) in [5.74, 6) is 0.465. The number of nitrogens with one attached hydrogen (secondary N) is 1. The number of rotatable bonds is 3. The van der Waals surface area contributed by atoms with Gasteiger partial charge in [-0.1, -0.05) is 18.2 Å². The van der Waals surface area contributed by atoms with E-state index in [4.69, 9.17) is 9.47 Å². The lowest BCUT2D eigenvalue weighted by molar-refractivity contribution is -0.116. The number of allylic oxidation sites excluding steroid dienone is 2. The van der Waals surface area contributed by atoms with Gasteiger partial charge < -0.3 is 14.8 Å². The van der Waals surface area contributed by atoms with Gasteiger partial charge in [-0.15, -0.1) is 0 Å². The van der Waals surface area contributed by atoms with Gasteiger partial charge in [0, 0.05) is 35.4 Å². The molecule has 1 aliphatic carbocycles. The van der Waals surface area contributed by atoms with E-state index in [9.17, 15) is 9.18 Å². The Hall–Kier alpha value is -2.82. The van der Waals surface area contributed by atoms with Crippen LogP contribution < -0.4 is 14.8 Å². The van der Waals surface area contributed by atoms with Gasteiger partial charge in [-0.2, -0.15) is 0 Å². The zero-order chi connectivity index (χ0) is 18.3. The first-order valence-electron chi connectivity index (χ1n) is 8.67. The second-order valence-corrected chi connectivity index (χ2v) is 6.54. The molecule has 0 fully saturated rings.